The number of hydrogen-bond donors (Lipinski definition) is 1. The van der Waals surface area contributed by atoms with E-state index in [1.165, 1.54) is 16.7 Å². The van der Waals surface area contributed by atoms with Crippen LogP contribution in [0, 0.1) is 5.82 Å². The number of hydrogen-bond acceptors (Lipinski definition) is 3. The van der Waals surface area contributed by atoms with Crippen LogP contribution in [-0.2, 0) is 7.05 Å². The van der Waals surface area contributed by atoms with Gasteiger partial charge in [0.1, 0.15) is 5.82 Å². The Morgan fingerprint density at radius 1 is 1.33 bits per heavy atom. The van der Waals surface area contributed by atoms with Crippen LogP contribution in [0.3, 0.4) is 0 Å². The van der Waals surface area contributed by atoms with Gasteiger partial charge >= 0.3 is 0 Å². The molecule has 1 aromatic heterocycles. The third kappa shape index (κ3) is 2.56. The van der Waals surface area contributed by atoms with Crippen molar-refractivity contribution in [2.75, 3.05) is 5.32 Å². The highest BCUT2D eigenvalue weighted by molar-refractivity contribution is 5.35. The van der Waals surface area contributed by atoms with Crippen LogP contribution in [0.1, 0.15) is 18.5 Å². The van der Waals surface area contributed by atoms with Crippen LogP contribution in [0.25, 0.3) is 0 Å². The van der Waals surface area contributed by atoms with Crippen molar-refractivity contribution < 1.29 is 4.39 Å². The molecule has 94 valence electrons. The molecule has 0 aliphatic carbocycles. The zero-order chi connectivity index (χ0) is 13.1. The zero-order valence-corrected chi connectivity index (χ0v) is 10.2. The first-order valence-corrected chi connectivity index (χ1v) is 5.61. The Bertz CT molecular complexity index is 592. The van der Waals surface area contributed by atoms with E-state index in [2.05, 4.69) is 10.3 Å². The monoisotopic (exact) mass is 247 g/mol. The molecule has 18 heavy (non-hydrogen) atoms. The fourth-order valence-corrected chi connectivity index (χ4v) is 1.64. The number of aryl methyl sites for hydroxylation is 1. The Morgan fingerprint density at radius 3 is 2.67 bits per heavy atom. The van der Waals surface area contributed by atoms with Gasteiger partial charge in [-0.1, -0.05) is 12.1 Å². The van der Waals surface area contributed by atoms with E-state index in [1.54, 1.807) is 31.6 Å². The van der Waals surface area contributed by atoms with Crippen LogP contribution in [0.2, 0.25) is 0 Å². The molecule has 0 aliphatic rings. The highest BCUT2D eigenvalue weighted by Crippen LogP contribution is 2.16. The lowest BCUT2D eigenvalue weighted by Gasteiger charge is -2.14. The van der Waals surface area contributed by atoms with Gasteiger partial charge in [-0.25, -0.2) is 9.37 Å². The van der Waals surface area contributed by atoms with E-state index in [-0.39, 0.29) is 23.2 Å². The topological polar surface area (TPSA) is 46.9 Å². The van der Waals surface area contributed by atoms with Crippen molar-refractivity contribution in [2.24, 2.45) is 7.05 Å². The maximum absolute atomic E-state index is 12.8. The highest BCUT2D eigenvalue weighted by Gasteiger charge is 2.09. The zero-order valence-electron chi connectivity index (χ0n) is 10.2. The van der Waals surface area contributed by atoms with Gasteiger partial charge in [-0.05, 0) is 24.6 Å². The van der Waals surface area contributed by atoms with Crippen LogP contribution < -0.4 is 10.9 Å². The van der Waals surface area contributed by atoms with Crippen molar-refractivity contribution >= 4 is 5.82 Å². The molecule has 0 radical (unpaired) electrons. The second kappa shape index (κ2) is 5.00. The summed E-state index contributed by atoms with van der Waals surface area (Å²) in [4.78, 5) is 15.8. The molecule has 5 heteroatoms. The minimum atomic E-state index is -0.278. The van der Waals surface area contributed by atoms with E-state index in [0.717, 1.165) is 5.56 Å². The molecule has 1 atom stereocenters. The Labute approximate surface area is 104 Å². The van der Waals surface area contributed by atoms with Crippen LogP contribution in [-0.4, -0.2) is 9.55 Å². The number of benzene rings is 1. The number of nitrogens with one attached hydrogen (secondary N) is 1. The average molecular weight is 247 g/mol. The Hall–Kier alpha value is -2.17. The lowest BCUT2D eigenvalue weighted by atomic mass is 10.1. The van der Waals surface area contributed by atoms with Gasteiger partial charge in [0.25, 0.3) is 5.56 Å². The fraction of sp³-hybridized carbons (Fsp3) is 0.231. The van der Waals surface area contributed by atoms with Crippen LogP contribution in [0.4, 0.5) is 10.2 Å². The van der Waals surface area contributed by atoms with Crippen molar-refractivity contribution in [1.82, 2.24) is 9.55 Å². The molecule has 0 saturated carbocycles. The lowest BCUT2D eigenvalue weighted by molar-refractivity contribution is 0.626. The first kappa shape index (κ1) is 12.3. The molecule has 1 unspecified atom stereocenters. The lowest BCUT2D eigenvalue weighted by Crippen LogP contribution is -2.23. The van der Waals surface area contributed by atoms with Gasteiger partial charge in [-0.2, -0.15) is 0 Å². The maximum Gasteiger partial charge on any atom is 0.293 e. The molecule has 0 amide bonds. The molecule has 0 bridgehead atoms. The average Bonchev–Trinajstić information content (AvgIpc) is 2.36. The highest BCUT2D eigenvalue weighted by atomic mass is 19.1. The molecule has 4 nitrogen and oxygen atoms in total. The van der Waals surface area contributed by atoms with Crippen molar-refractivity contribution in [1.29, 1.82) is 0 Å². The quantitative estimate of drug-likeness (QED) is 0.903. The fourth-order valence-electron chi connectivity index (χ4n) is 1.64. The van der Waals surface area contributed by atoms with Crippen LogP contribution >= 0.6 is 0 Å². The molecule has 0 saturated heterocycles. The van der Waals surface area contributed by atoms with Crippen LogP contribution in [0.15, 0.2) is 41.5 Å². The maximum atomic E-state index is 12.8. The molecule has 1 N–H and O–H groups in total. The van der Waals surface area contributed by atoms with Crippen molar-refractivity contribution in [3.05, 3.63) is 58.4 Å². The van der Waals surface area contributed by atoms with Crippen LogP contribution in [0.5, 0.6) is 0 Å². The minimum Gasteiger partial charge on any atom is -0.359 e. The third-order valence-corrected chi connectivity index (χ3v) is 2.74. The van der Waals surface area contributed by atoms with E-state index in [9.17, 15) is 9.18 Å². The summed E-state index contributed by atoms with van der Waals surface area (Å²) in [5.74, 6) is 0.0107. The molecule has 2 rings (SSSR count). The Kier molecular flexibility index (Phi) is 3.41. The van der Waals surface area contributed by atoms with Gasteiger partial charge in [0, 0.05) is 19.4 Å². The second-order valence-corrected chi connectivity index (χ2v) is 4.11. The predicted molar refractivity (Wildman–Crippen MR) is 67.9 cm³/mol. The molecule has 1 aromatic carbocycles. The molecule has 0 fully saturated rings. The summed E-state index contributed by atoms with van der Waals surface area (Å²) >= 11 is 0. The van der Waals surface area contributed by atoms with E-state index in [0.29, 0.717) is 0 Å². The Morgan fingerprint density at radius 2 is 2.00 bits per heavy atom. The van der Waals surface area contributed by atoms with Gasteiger partial charge in [0.05, 0.1) is 6.04 Å². The summed E-state index contributed by atoms with van der Waals surface area (Å²) < 4.78 is 14.3. The molecule has 0 aliphatic heterocycles. The van der Waals surface area contributed by atoms with Crippen molar-refractivity contribution in [3.8, 4) is 0 Å². The SMILES string of the molecule is CC(Nc1nccn(C)c1=O)c1ccc(F)cc1. The summed E-state index contributed by atoms with van der Waals surface area (Å²) in [5, 5.41) is 3.02. The van der Waals surface area contributed by atoms with E-state index in [4.69, 9.17) is 0 Å². The summed E-state index contributed by atoms with van der Waals surface area (Å²) in [5.41, 5.74) is 0.704. The number of nitrogens with zero attached hydrogens (tertiary/aromatic N) is 2. The van der Waals surface area contributed by atoms with Gasteiger partial charge in [-0.3, -0.25) is 4.79 Å². The molecular weight excluding hydrogens is 233 g/mol. The third-order valence-electron chi connectivity index (χ3n) is 2.74. The van der Waals surface area contributed by atoms with Gasteiger partial charge < -0.3 is 9.88 Å². The second-order valence-electron chi connectivity index (χ2n) is 4.11. The van der Waals surface area contributed by atoms with Crippen molar-refractivity contribution in [3.63, 3.8) is 0 Å². The summed E-state index contributed by atoms with van der Waals surface area (Å²) in [6.07, 6.45) is 3.15. The van der Waals surface area contributed by atoms with Gasteiger partial charge in [0.2, 0.25) is 0 Å². The smallest absolute Gasteiger partial charge is 0.293 e. The first-order chi connectivity index (χ1) is 8.58. The largest absolute Gasteiger partial charge is 0.359 e. The normalized spacial score (nSPS) is 12.2. The number of aromatic nitrogens is 2. The van der Waals surface area contributed by atoms with E-state index in [1.807, 2.05) is 6.92 Å². The summed E-state index contributed by atoms with van der Waals surface area (Å²) in [7, 11) is 1.66. The first-order valence-electron chi connectivity index (χ1n) is 5.61. The molecule has 1 heterocycles. The number of rotatable bonds is 3. The van der Waals surface area contributed by atoms with Gasteiger partial charge in [-0.15, -0.1) is 0 Å². The summed E-state index contributed by atoms with van der Waals surface area (Å²) in [6.45, 7) is 1.89. The van der Waals surface area contributed by atoms with E-state index < -0.39 is 0 Å². The number of anilines is 1. The minimum absolute atomic E-state index is 0.117. The number of halogens is 1. The molecule has 2 aromatic rings. The molecular formula is C13H14FN3O. The Balaban J connectivity index is 2.21. The summed E-state index contributed by atoms with van der Waals surface area (Å²) in [6, 6.07) is 6.03. The van der Waals surface area contributed by atoms with Crippen molar-refractivity contribution in [2.45, 2.75) is 13.0 Å². The van der Waals surface area contributed by atoms with E-state index >= 15 is 0 Å². The predicted octanol–water partition coefficient (Wildman–Crippen LogP) is 2.09. The van der Waals surface area contributed by atoms with Gasteiger partial charge in [0.15, 0.2) is 5.82 Å². The molecule has 0 spiro atoms. The standard InChI is InChI=1S/C13H14FN3O/c1-9(10-3-5-11(14)6-4-10)16-12-13(18)17(2)8-7-15-12/h3-9H,1-2H3,(H,15,16).